The summed E-state index contributed by atoms with van der Waals surface area (Å²) in [5, 5.41) is 50.4. The molecule has 0 aromatic heterocycles. The van der Waals surface area contributed by atoms with Crippen LogP contribution < -0.4 is 0 Å². The first-order valence-electron chi connectivity index (χ1n) is 19.6. The van der Waals surface area contributed by atoms with Crippen molar-refractivity contribution in [1.29, 1.82) is 0 Å². The van der Waals surface area contributed by atoms with Gasteiger partial charge in [0.2, 0.25) is 33.6 Å². The molecule has 300 valence electrons. The Hall–Kier alpha value is -7.56. The van der Waals surface area contributed by atoms with Crippen LogP contribution in [0, 0.1) is 71.0 Å². The van der Waals surface area contributed by atoms with Gasteiger partial charge in [0.1, 0.15) is 0 Å². The van der Waals surface area contributed by atoms with E-state index in [2.05, 4.69) is 71.0 Å². The van der Waals surface area contributed by atoms with Crippen LogP contribution in [-0.2, 0) is 43.1 Å². The fourth-order valence-electron chi connectivity index (χ4n) is 6.63. The lowest BCUT2D eigenvalue weighted by atomic mass is 9.86. The van der Waals surface area contributed by atoms with Gasteiger partial charge in [0, 0.05) is 47.6 Å². The molecule has 0 bridgehead atoms. The second-order valence-corrected chi connectivity index (χ2v) is 14.3. The SMILES string of the molecule is COC1(c2ccccc2)C#CC(O)(c2ccccc2)C#CC(O)(c2ccccc2)C#CC(OC)(c2ccccc2)C#CC(O)(c2ccccc2)C#CC(O)(c2ccccc2)C#C1. The zero-order valence-corrected chi connectivity index (χ0v) is 33.9. The van der Waals surface area contributed by atoms with E-state index in [9.17, 15) is 20.4 Å². The van der Waals surface area contributed by atoms with Crippen LogP contribution in [0.1, 0.15) is 33.4 Å². The van der Waals surface area contributed by atoms with E-state index in [-0.39, 0.29) is 22.3 Å². The van der Waals surface area contributed by atoms with Crippen molar-refractivity contribution >= 4 is 0 Å². The Bertz CT molecular complexity index is 2550. The van der Waals surface area contributed by atoms with E-state index in [4.69, 9.17) is 9.47 Å². The summed E-state index contributed by atoms with van der Waals surface area (Å²) in [5.74, 6) is 35.5. The predicted octanol–water partition coefficient (Wildman–Crippen LogP) is 6.66. The normalized spacial score (nSPS) is 26.4. The van der Waals surface area contributed by atoms with Crippen LogP contribution in [0.5, 0.6) is 0 Å². The number of hydrogen-bond acceptors (Lipinski definition) is 6. The van der Waals surface area contributed by atoms with E-state index in [1.165, 1.54) is 14.2 Å². The monoisotopic (exact) mass is 808 g/mol. The van der Waals surface area contributed by atoms with Gasteiger partial charge in [-0.2, -0.15) is 0 Å². The Kier molecular flexibility index (Phi) is 12.3. The number of ether oxygens (including phenoxy) is 2. The second kappa shape index (κ2) is 18.0. The smallest absolute Gasteiger partial charge is 0.216 e. The molecule has 0 aliphatic heterocycles. The molecule has 0 fully saturated rings. The molecular weight excluding hydrogens is 769 g/mol. The second-order valence-electron chi connectivity index (χ2n) is 14.3. The third kappa shape index (κ3) is 8.96. The van der Waals surface area contributed by atoms with Crippen molar-refractivity contribution in [3.63, 3.8) is 0 Å². The molecule has 6 nitrogen and oxygen atoms in total. The van der Waals surface area contributed by atoms with Crippen LogP contribution >= 0.6 is 0 Å². The van der Waals surface area contributed by atoms with Crippen molar-refractivity contribution in [3.05, 3.63) is 215 Å². The highest BCUT2D eigenvalue weighted by atomic mass is 16.5. The minimum Gasteiger partial charge on any atom is -0.364 e. The first kappa shape index (κ1) is 42.6. The van der Waals surface area contributed by atoms with Crippen molar-refractivity contribution in [2.24, 2.45) is 0 Å². The molecular formula is C56H40O6. The molecule has 0 amide bonds. The highest BCUT2D eigenvalue weighted by molar-refractivity contribution is 5.56. The van der Waals surface area contributed by atoms with Gasteiger partial charge >= 0.3 is 0 Å². The number of methoxy groups -OCH3 is 2. The molecule has 0 radical (unpaired) electrons. The summed E-state index contributed by atoms with van der Waals surface area (Å²) >= 11 is 0. The van der Waals surface area contributed by atoms with Crippen molar-refractivity contribution in [2.75, 3.05) is 14.2 Å². The molecule has 1 aliphatic rings. The summed E-state index contributed by atoms with van der Waals surface area (Å²) in [5.41, 5.74) is -10.5. The van der Waals surface area contributed by atoms with Crippen LogP contribution in [0.3, 0.4) is 0 Å². The lowest BCUT2D eigenvalue weighted by Crippen LogP contribution is -2.31. The minimum atomic E-state index is -2.25. The molecule has 1 aliphatic carbocycles. The third-order valence-corrected chi connectivity index (χ3v) is 10.3. The van der Waals surface area contributed by atoms with E-state index in [0.717, 1.165) is 0 Å². The van der Waals surface area contributed by atoms with Crippen LogP contribution in [0.2, 0.25) is 0 Å². The average Bonchev–Trinajstić information content (AvgIpc) is 3.34. The van der Waals surface area contributed by atoms with E-state index < -0.39 is 33.6 Å². The summed E-state index contributed by atoms with van der Waals surface area (Å²) < 4.78 is 12.3. The highest BCUT2D eigenvalue weighted by Gasteiger charge is 2.37. The first-order chi connectivity index (χ1) is 30.0. The molecule has 7 rings (SSSR count). The zero-order valence-electron chi connectivity index (χ0n) is 33.9. The molecule has 4 unspecified atom stereocenters. The number of rotatable bonds is 8. The lowest BCUT2D eigenvalue weighted by molar-refractivity contribution is 0.0864. The fraction of sp³-hybridized carbons (Fsp3) is 0.143. The Morgan fingerprint density at radius 2 is 0.419 bits per heavy atom. The molecule has 0 saturated carbocycles. The van der Waals surface area contributed by atoms with Gasteiger partial charge in [0.15, 0.2) is 0 Å². The number of aliphatic hydroxyl groups is 4. The quantitative estimate of drug-likeness (QED) is 0.129. The van der Waals surface area contributed by atoms with Crippen molar-refractivity contribution < 1.29 is 29.9 Å². The molecule has 62 heavy (non-hydrogen) atoms. The molecule has 0 saturated heterocycles. The maximum atomic E-state index is 12.6. The van der Waals surface area contributed by atoms with E-state index in [1.807, 2.05) is 12.1 Å². The fourth-order valence-corrected chi connectivity index (χ4v) is 6.63. The summed E-state index contributed by atoms with van der Waals surface area (Å²) in [6.45, 7) is 0. The maximum Gasteiger partial charge on any atom is 0.216 e. The lowest BCUT2D eigenvalue weighted by Gasteiger charge is -2.26. The Labute approximate surface area is 362 Å². The van der Waals surface area contributed by atoms with Crippen molar-refractivity contribution in [3.8, 4) is 71.0 Å². The zero-order chi connectivity index (χ0) is 43.6. The molecule has 6 aromatic rings. The average molecular weight is 809 g/mol. The molecule has 0 spiro atoms. The van der Waals surface area contributed by atoms with E-state index in [0.29, 0.717) is 11.1 Å². The van der Waals surface area contributed by atoms with Gasteiger partial charge in [-0.25, -0.2) is 0 Å². The van der Waals surface area contributed by atoms with Crippen LogP contribution in [0.25, 0.3) is 0 Å². The molecule has 6 aromatic carbocycles. The van der Waals surface area contributed by atoms with Gasteiger partial charge in [0.05, 0.1) is 0 Å². The standard InChI is InChI=1S/C56H40O6/c1-61-55(49-29-17-7-18-30-49)41-37-51(57,45-21-9-3-10-22-45)33-35-53(59,47-25-13-5-14-26-47)39-43-56(62-2,50-31-19-8-20-32-50)44-40-54(60,48-27-15-6-16-28-48)36-34-52(58,38-42-55)46-23-11-4-12-24-46/h3-32,57-60H,1-2H3. The van der Waals surface area contributed by atoms with Crippen molar-refractivity contribution in [2.45, 2.75) is 33.6 Å². The van der Waals surface area contributed by atoms with Crippen LogP contribution in [0.4, 0.5) is 0 Å². The largest absolute Gasteiger partial charge is 0.364 e. The Morgan fingerprint density at radius 1 is 0.258 bits per heavy atom. The number of hydrogen-bond donors (Lipinski definition) is 4. The van der Waals surface area contributed by atoms with E-state index >= 15 is 0 Å². The van der Waals surface area contributed by atoms with Crippen molar-refractivity contribution in [1.82, 2.24) is 0 Å². The Morgan fingerprint density at radius 3 is 0.597 bits per heavy atom. The van der Waals surface area contributed by atoms with Crippen LogP contribution in [-0.4, -0.2) is 34.6 Å². The number of benzene rings is 6. The minimum absolute atomic E-state index is 0.289. The van der Waals surface area contributed by atoms with Gasteiger partial charge in [-0.1, -0.05) is 182 Å². The Balaban J connectivity index is 1.63. The summed E-state index contributed by atoms with van der Waals surface area (Å²) in [6.07, 6.45) is 0. The van der Waals surface area contributed by atoms with Gasteiger partial charge in [-0.15, -0.1) is 0 Å². The predicted molar refractivity (Wildman–Crippen MR) is 238 cm³/mol. The van der Waals surface area contributed by atoms with Gasteiger partial charge in [-0.05, 0) is 71.0 Å². The molecule has 4 atom stereocenters. The van der Waals surface area contributed by atoms with Gasteiger partial charge in [-0.3, -0.25) is 0 Å². The summed E-state index contributed by atoms with van der Waals surface area (Å²) in [6, 6.07) is 52.0. The topological polar surface area (TPSA) is 99.4 Å². The molecule has 6 heteroatoms. The van der Waals surface area contributed by atoms with Gasteiger partial charge < -0.3 is 29.9 Å². The highest BCUT2D eigenvalue weighted by Crippen LogP contribution is 2.32. The maximum absolute atomic E-state index is 12.6. The summed E-state index contributed by atoms with van der Waals surface area (Å²) in [7, 11) is 2.82. The first-order valence-corrected chi connectivity index (χ1v) is 19.6. The summed E-state index contributed by atoms with van der Waals surface area (Å²) in [4.78, 5) is 0. The molecule has 0 heterocycles. The van der Waals surface area contributed by atoms with Crippen LogP contribution in [0.15, 0.2) is 182 Å². The third-order valence-electron chi connectivity index (χ3n) is 10.3. The van der Waals surface area contributed by atoms with E-state index in [1.54, 1.807) is 170 Å². The molecule has 4 N–H and O–H groups in total. The van der Waals surface area contributed by atoms with Gasteiger partial charge in [0.25, 0.3) is 0 Å².